The fourth-order valence-electron chi connectivity index (χ4n) is 1.18. The van der Waals surface area contributed by atoms with Crippen LogP contribution in [0.5, 0.6) is 11.5 Å². The van der Waals surface area contributed by atoms with Crippen LogP contribution in [0.15, 0.2) is 24.3 Å². The molecule has 0 aliphatic rings. The maximum atomic E-state index is 10.6. The summed E-state index contributed by atoms with van der Waals surface area (Å²) in [5.41, 5.74) is 0.459. The number of carbonyl (C=O) groups excluding carboxylic acids is 1. The van der Waals surface area contributed by atoms with Crippen LogP contribution in [0, 0.1) is 0 Å². The zero-order valence-electron chi connectivity index (χ0n) is 9.20. The topological polar surface area (TPSA) is 35.5 Å². The Morgan fingerprint density at radius 3 is 2.75 bits per heavy atom. The minimum absolute atomic E-state index is 0.367. The third-order valence-corrected chi connectivity index (χ3v) is 2.23. The quantitative estimate of drug-likeness (QED) is 0.586. The lowest BCUT2D eigenvalue weighted by Crippen LogP contribution is -1.98. The molecule has 0 amide bonds. The molecule has 0 spiro atoms. The molecule has 0 saturated heterocycles. The van der Waals surface area contributed by atoms with Crippen molar-refractivity contribution in [3.63, 3.8) is 0 Å². The van der Waals surface area contributed by atoms with Gasteiger partial charge in [0.2, 0.25) is 0 Å². The van der Waals surface area contributed by atoms with Crippen LogP contribution in [0.3, 0.4) is 0 Å². The number of halogens is 1. The van der Waals surface area contributed by atoms with Crippen molar-refractivity contribution >= 4 is 17.9 Å². The highest BCUT2D eigenvalue weighted by atomic mass is 35.5. The van der Waals surface area contributed by atoms with E-state index in [0.29, 0.717) is 35.0 Å². The fraction of sp³-hybridized carbons (Fsp3) is 0.250. The normalized spacial score (nSPS) is 10.4. The second kappa shape index (κ2) is 6.18. The van der Waals surface area contributed by atoms with Crippen LogP contribution in [-0.2, 0) is 0 Å². The molecular weight excluding hydrogens is 228 g/mol. The Labute approximate surface area is 99.6 Å². The van der Waals surface area contributed by atoms with Gasteiger partial charge in [0.1, 0.15) is 12.9 Å². The summed E-state index contributed by atoms with van der Waals surface area (Å²) in [5.74, 6) is 0.909. The molecule has 0 N–H and O–H groups in total. The van der Waals surface area contributed by atoms with E-state index in [9.17, 15) is 4.79 Å². The first-order valence-corrected chi connectivity index (χ1v) is 5.17. The van der Waals surface area contributed by atoms with Gasteiger partial charge >= 0.3 is 0 Å². The Balaban J connectivity index is 3.01. The van der Waals surface area contributed by atoms with Crippen LogP contribution in [-0.4, -0.2) is 20.0 Å². The SMILES string of the molecule is C/C=C/COc1c(Cl)cc(C=O)cc1OC. The summed E-state index contributed by atoms with van der Waals surface area (Å²) in [6, 6.07) is 3.13. The predicted octanol–water partition coefficient (Wildman–Crippen LogP) is 3.12. The highest BCUT2D eigenvalue weighted by Gasteiger charge is 2.11. The Kier molecular flexibility index (Phi) is 4.86. The molecule has 16 heavy (non-hydrogen) atoms. The summed E-state index contributed by atoms with van der Waals surface area (Å²) < 4.78 is 10.5. The van der Waals surface area contributed by atoms with Gasteiger partial charge in [0, 0.05) is 5.56 Å². The average molecular weight is 241 g/mol. The van der Waals surface area contributed by atoms with Gasteiger partial charge in [-0.3, -0.25) is 4.79 Å². The van der Waals surface area contributed by atoms with E-state index < -0.39 is 0 Å². The summed E-state index contributed by atoms with van der Waals surface area (Å²) in [6.45, 7) is 2.31. The molecule has 1 aromatic rings. The number of hydrogen-bond donors (Lipinski definition) is 0. The molecular formula is C12H13ClO3. The van der Waals surface area contributed by atoms with E-state index >= 15 is 0 Å². The van der Waals surface area contributed by atoms with E-state index in [1.165, 1.54) is 7.11 Å². The van der Waals surface area contributed by atoms with Crippen LogP contribution in [0.25, 0.3) is 0 Å². The summed E-state index contributed by atoms with van der Waals surface area (Å²) in [6.07, 6.45) is 4.44. The van der Waals surface area contributed by atoms with Crippen molar-refractivity contribution in [3.8, 4) is 11.5 Å². The first kappa shape index (κ1) is 12.6. The van der Waals surface area contributed by atoms with E-state index in [0.717, 1.165) is 0 Å². The first-order valence-electron chi connectivity index (χ1n) is 4.79. The van der Waals surface area contributed by atoms with Crippen molar-refractivity contribution in [2.24, 2.45) is 0 Å². The smallest absolute Gasteiger partial charge is 0.180 e. The maximum Gasteiger partial charge on any atom is 0.180 e. The van der Waals surface area contributed by atoms with Gasteiger partial charge in [0.15, 0.2) is 11.5 Å². The molecule has 0 aromatic heterocycles. The molecule has 86 valence electrons. The molecule has 0 heterocycles. The standard InChI is InChI=1S/C12H13ClO3/c1-3-4-5-16-12-10(13)6-9(8-14)7-11(12)15-2/h3-4,6-8H,5H2,1-2H3/b4-3+. The summed E-state index contributed by atoms with van der Waals surface area (Å²) in [4.78, 5) is 10.6. The Bertz CT molecular complexity index is 399. The third-order valence-electron chi connectivity index (χ3n) is 1.95. The highest BCUT2D eigenvalue weighted by molar-refractivity contribution is 6.32. The van der Waals surface area contributed by atoms with Crippen molar-refractivity contribution in [1.29, 1.82) is 0 Å². The second-order valence-corrected chi connectivity index (χ2v) is 3.44. The molecule has 0 saturated carbocycles. The van der Waals surface area contributed by atoms with Crippen LogP contribution in [0.4, 0.5) is 0 Å². The number of aldehydes is 1. The molecule has 1 aromatic carbocycles. The van der Waals surface area contributed by atoms with E-state index in [2.05, 4.69) is 0 Å². The van der Waals surface area contributed by atoms with Gasteiger partial charge in [-0.1, -0.05) is 23.8 Å². The number of allylic oxidation sites excluding steroid dienone is 1. The number of hydrogen-bond acceptors (Lipinski definition) is 3. The summed E-state index contributed by atoms with van der Waals surface area (Å²) in [5, 5.41) is 0.367. The van der Waals surface area contributed by atoms with E-state index in [1.807, 2.05) is 19.1 Å². The highest BCUT2D eigenvalue weighted by Crippen LogP contribution is 2.35. The zero-order valence-corrected chi connectivity index (χ0v) is 9.95. The van der Waals surface area contributed by atoms with Gasteiger partial charge in [-0.25, -0.2) is 0 Å². The minimum atomic E-state index is 0.367. The van der Waals surface area contributed by atoms with E-state index in [4.69, 9.17) is 21.1 Å². The lowest BCUT2D eigenvalue weighted by Gasteiger charge is -2.11. The Morgan fingerprint density at radius 2 is 2.19 bits per heavy atom. The average Bonchev–Trinajstić information content (AvgIpc) is 2.30. The van der Waals surface area contributed by atoms with Crippen LogP contribution < -0.4 is 9.47 Å². The van der Waals surface area contributed by atoms with Crippen molar-refractivity contribution in [2.45, 2.75) is 6.92 Å². The van der Waals surface area contributed by atoms with Gasteiger partial charge in [-0.15, -0.1) is 0 Å². The van der Waals surface area contributed by atoms with Crippen LogP contribution >= 0.6 is 11.6 Å². The van der Waals surface area contributed by atoms with Gasteiger partial charge in [-0.05, 0) is 19.1 Å². The largest absolute Gasteiger partial charge is 0.493 e. The van der Waals surface area contributed by atoms with E-state index in [-0.39, 0.29) is 0 Å². The lowest BCUT2D eigenvalue weighted by atomic mass is 10.2. The number of ether oxygens (including phenoxy) is 2. The zero-order chi connectivity index (χ0) is 12.0. The number of benzene rings is 1. The summed E-state index contributed by atoms with van der Waals surface area (Å²) >= 11 is 5.98. The first-order chi connectivity index (χ1) is 7.72. The third kappa shape index (κ3) is 3.00. The maximum absolute atomic E-state index is 10.6. The number of methoxy groups -OCH3 is 1. The van der Waals surface area contributed by atoms with Crippen LogP contribution in [0.1, 0.15) is 17.3 Å². The molecule has 0 atom stereocenters. The molecule has 0 radical (unpaired) electrons. The Morgan fingerprint density at radius 1 is 1.44 bits per heavy atom. The fourth-order valence-corrected chi connectivity index (χ4v) is 1.45. The van der Waals surface area contributed by atoms with Gasteiger partial charge in [0.25, 0.3) is 0 Å². The molecule has 4 heteroatoms. The lowest BCUT2D eigenvalue weighted by molar-refractivity contribution is 0.112. The molecule has 1 rings (SSSR count). The molecule has 0 aliphatic carbocycles. The van der Waals surface area contributed by atoms with Crippen molar-refractivity contribution in [2.75, 3.05) is 13.7 Å². The summed E-state index contributed by atoms with van der Waals surface area (Å²) in [7, 11) is 1.50. The minimum Gasteiger partial charge on any atom is -0.493 e. The van der Waals surface area contributed by atoms with E-state index in [1.54, 1.807) is 12.1 Å². The van der Waals surface area contributed by atoms with Gasteiger partial charge < -0.3 is 9.47 Å². The molecule has 0 bridgehead atoms. The molecule has 0 fully saturated rings. The van der Waals surface area contributed by atoms with Crippen LogP contribution in [0.2, 0.25) is 5.02 Å². The monoisotopic (exact) mass is 240 g/mol. The predicted molar refractivity (Wildman–Crippen MR) is 63.7 cm³/mol. The number of rotatable bonds is 5. The van der Waals surface area contributed by atoms with Gasteiger partial charge in [-0.2, -0.15) is 0 Å². The molecule has 3 nitrogen and oxygen atoms in total. The van der Waals surface area contributed by atoms with Gasteiger partial charge in [0.05, 0.1) is 12.1 Å². The number of carbonyl (C=O) groups is 1. The molecule has 0 aliphatic heterocycles. The van der Waals surface area contributed by atoms with Crippen molar-refractivity contribution < 1.29 is 14.3 Å². The van der Waals surface area contributed by atoms with Crippen molar-refractivity contribution in [3.05, 3.63) is 34.9 Å². The second-order valence-electron chi connectivity index (χ2n) is 3.03. The van der Waals surface area contributed by atoms with Crippen molar-refractivity contribution in [1.82, 2.24) is 0 Å². The molecule has 0 unspecified atom stereocenters. The Hall–Kier alpha value is -1.48.